The number of aromatic nitrogens is 3. The molecule has 0 spiro atoms. The van der Waals surface area contributed by atoms with Crippen molar-refractivity contribution in [3.63, 3.8) is 0 Å². The van der Waals surface area contributed by atoms with E-state index >= 15 is 0 Å². The summed E-state index contributed by atoms with van der Waals surface area (Å²) in [4.78, 5) is 37.6. The fraction of sp³-hybridized carbons (Fsp3) is 0.286. The summed E-state index contributed by atoms with van der Waals surface area (Å²) in [7, 11) is 0. The van der Waals surface area contributed by atoms with Gasteiger partial charge in [0.05, 0.1) is 12.6 Å². The number of hydrogen-bond donors (Lipinski definition) is 1. The number of pyridine rings is 1. The highest BCUT2D eigenvalue weighted by atomic mass is 16.2. The molecule has 7 nitrogen and oxygen atoms in total. The first-order valence-corrected chi connectivity index (χ1v) is 12.1. The Bertz CT molecular complexity index is 1360. The topological polar surface area (TPSA) is 80.1 Å². The number of fused-ring (bicyclic) bond motifs is 1. The first-order valence-electron chi connectivity index (χ1n) is 12.1. The van der Waals surface area contributed by atoms with Crippen molar-refractivity contribution in [3.8, 4) is 0 Å². The van der Waals surface area contributed by atoms with Crippen LogP contribution in [0.2, 0.25) is 0 Å². The highest BCUT2D eigenvalue weighted by Crippen LogP contribution is 2.23. The molecule has 0 saturated carbocycles. The smallest absolute Gasteiger partial charge is 0.295 e. The van der Waals surface area contributed by atoms with E-state index in [9.17, 15) is 9.59 Å². The summed E-state index contributed by atoms with van der Waals surface area (Å²) in [5, 5.41) is 3.15. The number of nitrogens with zero attached hydrogens (tertiary/aromatic N) is 4. The molecule has 2 aromatic heterocycles. The Balaban J connectivity index is 1.33. The number of hydrogen-bond acceptors (Lipinski definition) is 5. The van der Waals surface area contributed by atoms with E-state index in [2.05, 4.69) is 15.3 Å². The molecule has 0 bridgehead atoms. The van der Waals surface area contributed by atoms with Gasteiger partial charge in [0.1, 0.15) is 5.52 Å². The van der Waals surface area contributed by atoms with Gasteiger partial charge in [-0.2, -0.15) is 0 Å². The second-order valence-corrected chi connectivity index (χ2v) is 9.06. The highest BCUT2D eigenvalue weighted by molar-refractivity contribution is 5.79. The molecule has 1 amide bonds. The monoisotopic (exact) mass is 467 g/mol. The summed E-state index contributed by atoms with van der Waals surface area (Å²) in [5.41, 5.74) is 3.23. The van der Waals surface area contributed by atoms with Gasteiger partial charge >= 0.3 is 0 Å². The van der Waals surface area contributed by atoms with E-state index in [1.54, 1.807) is 10.8 Å². The van der Waals surface area contributed by atoms with Crippen LogP contribution in [0.3, 0.4) is 0 Å². The number of anilines is 1. The molecule has 4 aromatic rings. The predicted molar refractivity (Wildman–Crippen MR) is 137 cm³/mol. The number of carbonyl (C=O) groups excluding carboxylic acids is 1. The van der Waals surface area contributed by atoms with Crippen LogP contribution in [-0.2, 0) is 11.3 Å². The van der Waals surface area contributed by atoms with Crippen LogP contribution in [0.4, 0.5) is 5.82 Å². The number of carbonyl (C=O) groups is 1. The van der Waals surface area contributed by atoms with Crippen LogP contribution in [0.1, 0.15) is 36.9 Å². The largest absolute Gasteiger partial charge is 0.352 e. The molecule has 1 atom stereocenters. The SMILES string of the molecule is CC(NC(=O)C1CCN(c2nc3cccnc3n(Cc3ccccc3)c2=O)CC1)c1ccccc1. The van der Waals surface area contributed by atoms with E-state index in [4.69, 9.17) is 0 Å². The molecule has 1 fully saturated rings. The van der Waals surface area contributed by atoms with Gasteiger partial charge in [0.25, 0.3) is 5.56 Å². The number of piperidine rings is 1. The van der Waals surface area contributed by atoms with Crippen LogP contribution in [0.25, 0.3) is 11.2 Å². The maximum absolute atomic E-state index is 13.5. The Hall–Kier alpha value is -4.00. The Morgan fingerprint density at radius 2 is 1.69 bits per heavy atom. The Morgan fingerprint density at radius 3 is 2.40 bits per heavy atom. The van der Waals surface area contributed by atoms with Crippen molar-refractivity contribution >= 4 is 22.9 Å². The second kappa shape index (κ2) is 10.1. The van der Waals surface area contributed by atoms with E-state index in [-0.39, 0.29) is 23.4 Å². The number of amides is 1. The van der Waals surface area contributed by atoms with Gasteiger partial charge in [-0.05, 0) is 43.0 Å². The van der Waals surface area contributed by atoms with Crippen LogP contribution < -0.4 is 15.8 Å². The van der Waals surface area contributed by atoms with Gasteiger partial charge in [-0.15, -0.1) is 0 Å². The van der Waals surface area contributed by atoms with Gasteiger partial charge in [0, 0.05) is 25.2 Å². The third-order valence-electron chi connectivity index (χ3n) is 6.69. The standard InChI is InChI=1S/C28H29N5O2/c1-20(22-11-6-3-7-12-22)30-27(34)23-14-17-32(18-15-23)26-28(35)33(19-21-9-4-2-5-10-21)25-24(31-26)13-8-16-29-25/h2-13,16,20,23H,14-15,17-19H2,1H3,(H,30,34). The van der Waals surface area contributed by atoms with Crippen molar-refractivity contribution in [1.29, 1.82) is 0 Å². The highest BCUT2D eigenvalue weighted by Gasteiger charge is 2.28. The summed E-state index contributed by atoms with van der Waals surface area (Å²) in [6, 6.07) is 23.5. The Labute approximate surface area is 204 Å². The summed E-state index contributed by atoms with van der Waals surface area (Å²) in [6.07, 6.45) is 3.04. The molecule has 1 aliphatic heterocycles. The lowest BCUT2D eigenvalue weighted by Gasteiger charge is -2.32. The molecular formula is C28H29N5O2. The normalized spacial score (nSPS) is 15.2. The third kappa shape index (κ3) is 4.94. The van der Waals surface area contributed by atoms with Gasteiger partial charge in [0.2, 0.25) is 5.91 Å². The minimum atomic E-state index is -0.152. The molecular weight excluding hydrogens is 438 g/mol. The van der Waals surface area contributed by atoms with Gasteiger partial charge < -0.3 is 10.2 Å². The van der Waals surface area contributed by atoms with Crippen LogP contribution in [0, 0.1) is 5.92 Å². The van der Waals surface area contributed by atoms with E-state index in [0.717, 1.165) is 11.1 Å². The Morgan fingerprint density at radius 1 is 1.00 bits per heavy atom. The summed E-state index contributed by atoms with van der Waals surface area (Å²) < 4.78 is 1.70. The second-order valence-electron chi connectivity index (χ2n) is 9.06. The molecule has 1 N–H and O–H groups in total. The van der Waals surface area contributed by atoms with Crippen molar-refractivity contribution in [2.45, 2.75) is 32.4 Å². The molecule has 1 aliphatic rings. The van der Waals surface area contributed by atoms with Crippen molar-refractivity contribution in [2.24, 2.45) is 5.92 Å². The fourth-order valence-corrected chi connectivity index (χ4v) is 4.69. The average molecular weight is 468 g/mol. The van der Waals surface area contributed by atoms with Crippen LogP contribution in [-0.4, -0.2) is 33.5 Å². The summed E-state index contributed by atoms with van der Waals surface area (Å²) in [5.74, 6) is 0.419. The van der Waals surface area contributed by atoms with Gasteiger partial charge in [-0.1, -0.05) is 60.7 Å². The predicted octanol–water partition coefficient (Wildman–Crippen LogP) is 3.93. The molecule has 0 radical (unpaired) electrons. The van der Waals surface area contributed by atoms with E-state index in [1.807, 2.05) is 84.6 Å². The summed E-state index contributed by atoms with van der Waals surface area (Å²) >= 11 is 0. The first kappa shape index (κ1) is 22.8. The lowest BCUT2D eigenvalue weighted by atomic mass is 9.95. The Kier molecular flexibility index (Phi) is 6.57. The lowest BCUT2D eigenvalue weighted by molar-refractivity contribution is -0.126. The minimum Gasteiger partial charge on any atom is -0.352 e. The summed E-state index contributed by atoms with van der Waals surface area (Å²) in [6.45, 7) is 3.65. The minimum absolute atomic E-state index is 0.0402. The molecule has 35 heavy (non-hydrogen) atoms. The van der Waals surface area contributed by atoms with Gasteiger partial charge in [-0.25, -0.2) is 9.97 Å². The van der Waals surface area contributed by atoms with Crippen molar-refractivity contribution in [3.05, 3.63) is 100 Å². The molecule has 2 aromatic carbocycles. The lowest BCUT2D eigenvalue weighted by Crippen LogP contribution is -2.43. The first-order chi connectivity index (χ1) is 17.1. The third-order valence-corrected chi connectivity index (χ3v) is 6.69. The zero-order valence-corrected chi connectivity index (χ0v) is 19.8. The maximum Gasteiger partial charge on any atom is 0.295 e. The van der Waals surface area contributed by atoms with Crippen LogP contribution in [0.15, 0.2) is 83.8 Å². The quantitative estimate of drug-likeness (QED) is 0.465. The van der Waals surface area contributed by atoms with E-state index in [1.165, 1.54) is 0 Å². The van der Waals surface area contributed by atoms with E-state index in [0.29, 0.717) is 49.5 Å². The number of benzene rings is 2. The fourth-order valence-electron chi connectivity index (χ4n) is 4.69. The van der Waals surface area contributed by atoms with Crippen molar-refractivity contribution in [2.75, 3.05) is 18.0 Å². The molecule has 3 heterocycles. The van der Waals surface area contributed by atoms with Crippen molar-refractivity contribution in [1.82, 2.24) is 19.9 Å². The molecule has 0 aliphatic carbocycles. The van der Waals surface area contributed by atoms with Gasteiger partial charge in [0.15, 0.2) is 11.5 Å². The molecule has 1 saturated heterocycles. The van der Waals surface area contributed by atoms with Crippen LogP contribution in [0.5, 0.6) is 0 Å². The maximum atomic E-state index is 13.5. The van der Waals surface area contributed by atoms with Crippen LogP contribution >= 0.6 is 0 Å². The zero-order valence-electron chi connectivity index (χ0n) is 19.8. The number of nitrogens with one attached hydrogen (secondary N) is 1. The van der Waals surface area contributed by atoms with Gasteiger partial charge in [-0.3, -0.25) is 14.2 Å². The molecule has 178 valence electrons. The zero-order chi connectivity index (χ0) is 24.2. The van der Waals surface area contributed by atoms with E-state index < -0.39 is 0 Å². The molecule has 7 heteroatoms. The average Bonchev–Trinajstić information content (AvgIpc) is 2.91. The number of rotatable bonds is 6. The van der Waals surface area contributed by atoms with Crippen molar-refractivity contribution < 1.29 is 4.79 Å². The molecule has 5 rings (SSSR count). The molecule has 1 unspecified atom stereocenters.